The molecular weight excluding hydrogens is 572 g/mol. The molecule has 0 aliphatic heterocycles. The zero-order valence-electron chi connectivity index (χ0n) is 29.5. The van der Waals surface area contributed by atoms with Crippen LogP contribution in [0, 0.1) is 56.7 Å². The van der Waals surface area contributed by atoms with Gasteiger partial charge in [0.05, 0.1) is 6.61 Å². The van der Waals surface area contributed by atoms with Crippen molar-refractivity contribution in [2.45, 2.75) is 119 Å². The lowest BCUT2D eigenvalue weighted by Gasteiger charge is -2.73. The quantitative estimate of drug-likeness (QED) is 0.193. The summed E-state index contributed by atoms with van der Waals surface area (Å²) in [4.78, 5) is 25.0. The zero-order valence-corrected chi connectivity index (χ0v) is 29.5. The second-order valence-corrected chi connectivity index (χ2v) is 17.5. The highest BCUT2D eigenvalue weighted by Gasteiger charge is 2.71. The number of hydrogen-bond donors (Lipinski definition) is 1. The van der Waals surface area contributed by atoms with E-state index in [1.165, 1.54) is 50.2 Å². The van der Waals surface area contributed by atoms with Gasteiger partial charge < -0.3 is 14.6 Å². The number of ether oxygens (including phenoxy) is 2. The summed E-state index contributed by atoms with van der Waals surface area (Å²) in [6, 6.07) is 6.84. The first-order valence-electron chi connectivity index (χ1n) is 18.0. The molecule has 0 heterocycles. The number of benzene rings is 1. The fourth-order valence-electron chi connectivity index (χ4n) is 12.9. The zero-order chi connectivity index (χ0) is 33.3. The molecule has 0 radical (unpaired) electrons. The van der Waals surface area contributed by atoms with Gasteiger partial charge in [0.1, 0.15) is 11.9 Å². The topological polar surface area (TPSA) is 72.8 Å². The van der Waals surface area contributed by atoms with Gasteiger partial charge in [0.15, 0.2) is 0 Å². The number of hydrogen-bond acceptors (Lipinski definition) is 5. The third-order valence-corrected chi connectivity index (χ3v) is 15.3. The molecule has 1 N–H and O–H groups in total. The lowest BCUT2D eigenvalue weighted by atomic mass is 9.32. The third kappa shape index (κ3) is 5.09. The van der Waals surface area contributed by atoms with Crippen molar-refractivity contribution in [1.82, 2.24) is 0 Å². The number of aromatic hydroxyl groups is 1. The monoisotopic (exact) mass is 630 g/mol. The molecule has 1 aromatic rings. The minimum atomic E-state index is -0.286. The maximum Gasteiger partial charge on any atom is 0.331 e. The van der Waals surface area contributed by atoms with Crippen molar-refractivity contribution in [1.29, 1.82) is 0 Å². The molecule has 0 bridgehead atoms. The Morgan fingerprint density at radius 3 is 2.26 bits per heavy atom. The molecule has 5 heteroatoms. The summed E-state index contributed by atoms with van der Waals surface area (Å²) in [5.41, 5.74) is 2.82. The molecule has 0 amide bonds. The number of carbonyl (C=O) groups excluding carboxylic acids is 2. The summed E-state index contributed by atoms with van der Waals surface area (Å²) in [6.07, 6.45) is 14.7. The van der Waals surface area contributed by atoms with Gasteiger partial charge in [-0.1, -0.05) is 58.9 Å². The molecule has 0 saturated heterocycles. The van der Waals surface area contributed by atoms with Crippen LogP contribution < -0.4 is 0 Å². The van der Waals surface area contributed by atoms with Gasteiger partial charge in [0.25, 0.3) is 0 Å². The lowest BCUT2D eigenvalue weighted by Crippen LogP contribution is -2.67. The molecule has 5 aliphatic rings. The molecule has 0 aromatic heterocycles. The highest BCUT2D eigenvalue weighted by Crippen LogP contribution is 2.77. The highest BCUT2D eigenvalue weighted by atomic mass is 16.5. The highest BCUT2D eigenvalue weighted by molar-refractivity contribution is 5.87. The van der Waals surface area contributed by atoms with Crippen molar-refractivity contribution in [2.75, 3.05) is 6.61 Å². The van der Waals surface area contributed by atoms with Crippen molar-refractivity contribution in [2.24, 2.45) is 56.7 Å². The first-order chi connectivity index (χ1) is 21.6. The van der Waals surface area contributed by atoms with Crippen molar-refractivity contribution in [3.63, 3.8) is 0 Å². The van der Waals surface area contributed by atoms with Gasteiger partial charge in [-0.15, -0.1) is 0 Å². The maximum atomic E-state index is 13.0. The summed E-state index contributed by atoms with van der Waals surface area (Å²) in [5.74, 6) is 2.57. The molecule has 10 atom stereocenters. The van der Waals surface area contributed by atoms with Crippen LogP contribution in [0.5, 0.6) is 5.75 Å². The molecular formula is C41H58O5. The summed E-state index contributed by atoms with van der Waals surface area (Å²) < 4.78 is 12.1. The summed E-state index contributed by atoms with van der Waals surface area (Å²) in [5, 5.41) is 9.56. The minimum Gasteiger partial charge on any atom is -0.508 e. The molecule has 252 valence electrons. The first-order valence-corrected chi connectivity index (χ1v) is 18.0. The van der Waals surface area contributed by atoms with Gasteiger partial charge in [0, 0.05) is 23.8 Å². The maximum absolute atomic E-state index is 13.0. The Hall–Kier alpha value is -2.56. The van der Waals surface area contributed by atoms with Crippen molar-refractivity contribution >= 4 is 18.0 Å². The fourth-order valence-corrected chi connectivity index (χ4v) is 12.9. The predicted molar refractivity (Wildman–Crippen MR) is 183 cm³/mol. The number of esters is 2. The van der Waals surface area contributed by atoms with Gasteiger partial charge in [-0.25, -0.2) is 4.79 Å². The standard InChI is InChI=1S/C41H58O5/c1-26(2)30-17-22-41(25-45-27(3)42)24-23-39(7)31(36(30)41)14-15-33-38(6)20-19-34(37(4,5)32(38)18-21-40(33,39)8)46-35(44)16-11-28-9-12-29(43)13-10-28/h9-13,16,30-34,36,43H,1,14-15,17-25H2,2-8H3/b16-11+/t30-,31?,32?,33+,34-,36?,38-,39+,40+,41?/m0/s1. The van der Waals surface area contributed by atoms with Crippen molar-refractivity contribution in [3.05, 3.63) is 48.1 Å². The van der Waals surface area contributed by atoms with Crippen LogP contribution in [0.3, 0.4) is 0 Å². The second-order valence-electron chi connectivity index (χ2n) is 17.5. The molecule has 4 unspecified atom stereocenters. The normalized spacial score (nSPS) is 42.7. The third-order valence-electron chi connectivity index (χ3n) is 15.3. The molecule has 1 aromatic carbocycles. The average Bonchev–Trinajstić information content (AvgIpc) is 3.38. The number of allylic oxidation sites excluding steroid dienone is 1. The first kappa shape index (κ1) is 33.3. The Bertz CT molecular complexity index is 1390. The van der Waals surface area contributed by atoms with Crippen LogP contribution in [0.25, 0.3) is 6.08 Å². The van der Waals surface area contributed by atoms with Crippen LogP contribution >= 0.6 is 0 Å². The predicted octanol–water partition coefficient (Wildman–Crippen LogP) is 9.54. The van der Waals surface area contributed by atoms with Gasteiger partial charge >= 0.3 is 11.9 Å². The van der Waals surface area contributed by atoms with E-state index in [-0.39, 0.29) is 50.9 Å². The summed E-state index contributed by atoms with van der Waals surface area (Å²) in [7, 11) is 0. The number of fused-ring (bicyclic) bond motifs is 7. The van der Waals surface area contributed by atoms with Crippen LogP contribution in [0.4, 0.5) is 0 Å². The van der Waals surface area contributed by atoms with Crippen LogP contribution in [0.15, 0.2) is 42.5 Å². The Morgan fingerprint density at radius 1 is 0.870 bits per heavy atom. The number of carbonyl (C=O) groups is 2. The summed E-state index contributed by atoms with van der Waals surface area (Å²) >= 11 is 0. The van der Waals surface area contributed by atoms with E-state index in [1.807, 2.05) is 0 Å². The van der Waals surface area contributed by atoms with Crippen LogP contribution in [0.1, 0.15) is 118 Å². The second kappa shape index (κ2) is 11.5. The molecule has 0 spiro atoms. The SMILES string of the molecule is C=C(C)[C@@H]1CCC2(COC(C)=O)CC[C@]3(C)C(CC[C@@H]4[C@@]5(C)CC[C@H](OC(=O)/C=C/c6ccc(O)cc6)C(C)(C)C5CC[C@]43C)C12. The number of rotatable bonds is 6. The van der Waals surface area contributed by atoms with E-state index in [4.69, 9.17) is 9.47 Å². The summed E-state index contributed by atoms with van der Waals surface area (Å²) in [6.45, 7) is 21.5. The van der Waals surface area contributed by atoms with E-state index in [0.29, 0.717) is 36.2 Å². The minimum absolute atomic E-state index is 0.0877. The largest absolute Gasteiger partial charge is 0.508 e. The molecule has 5 nitrogen and oxygen atoms in total. The molecule has 5 aliphatic carbocycles. The van der Waals surface area contributed by atoms with Gasteiger partial charge in [-0.2, -0.15) is 0 Å². The Kier molecular flexibility index (Phi) is 8.37. The van der Waals surface area contributed by atoms with Crippen molar-refractivity contribution in [3.8, 4) is 5.75 Å². The molecule has 6 rings (SSSR count). The fraction of sp³-hybridized carbons (Fsp3) is 0.707. The van der Waals surface area contributed by atoms with E-state index in [0.717, 1.165) is 31.2 Å². The Labute approximate surface area is 277 Å². The van der Waals surface area contributed by atoms with Crippen LogP contribution in [-0.4, -0.2) is 29.8 Å². The smallest absolute Gasteiger partial charge is 0.331 e. The van der Waals surface area contributed by atoms with E-state index in [2.05, 4.69) is 48.1 Å². The van der Waals surface area contributed by atoms with Crippen LogP contribution in [0.2, 0.25) is 0 Å². The van der Waals surface area contributed by atoms with E-state index in [9.17, 15) is 14.7 Å². The number of phenolic OH excluding ortho intramolecular Hbond substituents is 1. The average molecular weight is 631 g/mol. The van der Waals surface area contributed by atoms with Gasteiger partial charge in [0.2, 0.25) is 0 Å². The number of phenols is 1. The Morgan fingerprint density at radius 2 is 1.59 bits per heavy atom. The molecule has 46 heavy (non-hydrogen) atoms. The Balaban J connectivity index is 1.23. The molecule has 5 fully saturated rings. The van der Waals surface area contributed by atoms with Crippen LogP contribution in [-0.2, 0) is 19.1 Å². The van der Waals surface area contributed by atoms with E-state index >= 15 is 0 Å². The van der Waals surface area contributed by atoms with E-state index in [1.54, 1.807) is 37.3 Å². The van der Waals surface area contributed by atoms with Gasteiger partial charge in [-0.05, 0) is 141 Å². The molecule has 5 saturated carbocycles. The lowest BCUT2D eigenvalue weighted by molar-refractivity contribution is -0.251. The van der Waals surface area contributed by atoms with Crippen molar-refractivity contribution < 1.29 is 24.2 Å². The van der Waals surface area contributed by atoms with Gasteiger partial charge in [-0.3, -0.25) is 4.79 Å². The van der Waals surface area contributed by atoms with E-state index < -0.39 is 0 Å².